The van der Waals surface area contributed by atoms with Gasteiger partial charge in [-0.05, 0) is 49.6 Å². The van der Waals surface area contributed by atoms with Gasteiger partial charge in [-0.15, -0.1) is 5.10 Å². The number of anilines is 2. The Balaban J connectivity index is 1.46. The standard InChI is InChI=1S/C22H25ClN6O4S/c1-34(32,33)26-17-6-5-14(23)10-16(17)22(31)28-9-3-2-4-19(28)18-13-29-20(24-18)7-8-21(25-29)27-11-15(30)12-27/h5-8,10,13,15,19,26,30H,2-4,9,11-12H2,1H3/t19-/m0/s1. The first-order valence-electron chi connectivity index (χ1n) is 11.1. The van der Waals surface area contributed by atoms with Crippen LogP contribution in [-0.4, -0.2) is 70.9 Å². The molecule has 10 nitrogen and oxygen atoms in total. The molecular formula is C22H25ClN6O4S. The Kier molecular flexibility index (Phi) is 5.86. The van der Waals surface area contributed by atoms with E-state index in [0.717, 1.165) is 37.0 Å². The second-order valence-corrected chi connectivity index (χ2v) is 11.0. The molecule has 2 N–H and O–H groups in total. The van der Waals surface area contributed by atoms with Crippen molar-refractivity contribution in [1.29, 1.82) is 0 Å². The number of aliphatic hydroxyl groups is 1. The van der Waals surface area contributed by atoms with Gasteiger partial charge in [-0.1, -0.05) is 11.6 Å². The summed E-state index contributed by atoms with van der Waals surface area (Å²) in [6.07, 6.45) is 5.06. The molecule has 180 valence electrons. The van der Waals surface area contributed by atoms with E-state index in [2.05, 4.69) is 9.82 Å². The molecule has 5 rings (SSSR count). The molecule has 1 amide bonds. The zero-order valence-corrected chi connectivity index (χ0v) is 20.1. The number of carbonyl (C=O) groups is 1. The third-order valence-electron chi connectivity index (χ3n) is 6.12. The molecule has 1 aromatic carbocycles. The van der Waals surface area contributed by atoms with Gasteiger partial charge in [-0.2, -0.15) is 0 Å². The van der Waals surface area contributed by atoms with Crippen LogP contribution in [0.5, 0.6) is 0 Å². The number of hydrogen-bond acceptors (Lipinski definition) is 7. The highest BCUT2D eigenvalue weighted by Crippen LogP contribution is 2.34. The highest BCUT2D eigenvalue weighted by Gasteiger charge is 2.32. The summed E-state index contributed by atoms with van der Waals surface area (Å²) in [5.74, 6) is 0.451. The number of imidazole rings is 1. The average molecular weight is 505 g/mol. The number of hydrogen-bond donors (Lipinski definition) is 2. The number of carbonyl (C=O) groups excluding carboxylic acids is 1. The number of nitrogens with one attached hydrogen (secondary N) is 1. The summed E-state index contributed by atoms with van der Waals surface area (Å²) in [6.45, 7) is 1.62. The van der Waals surface area contributed by atoms with E-state index in [1.165, 1.54) is 12.1 Å². The zero-order chi connectivity index (χ0) is 24.0. The monoisotopic (exact) mass is 504 g/mol. The highest BCUT2D eigenvalue weighted by molar-refractivity contribution is 7.92. The van der Waals surface area contributed by atoms with Gasteiger partial charge in [0.2, 0.25) is 10.0 Å². The maximum atomic E-state index is 13.6. The van der Waals surface area contributed by atoms with Gasteiger partial charge in [0, 0.05) is 24.7 Å². The molecule has 12 heteroatoms. The SMILES string of the molecule is CS(=O)(=O)Nc1ccc(Cl)cc1C(=O)N1CCCC[C@H]1c1cn2nc(N3CC(O)C3)ccc2n1. The van der Waals surface area contributed by atoms with Crippen molar-refractivity contribution < 1.29 is 18.3 Å². The van der Waals surface area contributed by atoms with E-state index in [1.807, 2.05) is 23.2 Å². The van der Waals surface area contributed by atoms with Crippen molar-refractivity contribution in [2.24, 2.45) is 0 Å². The summed E-state index contributed by atoms with van der Waals surface area (Å²) in [5, 5.41) is 14.5. The van der Waals surface area contributed by atoms with E-state index in [9.17, 15) is 18.3 Å². The van der Waals surface area contributed by atoms with Crippen LogP contribution in [0.2, 0.25) is 5.02 Å². The van der Waals surface area contributed by atoms with Crippen molar-refractivity contribution in [3.05, 3.63) is 52.8 Å². The molecule has 2 saturated heterocycles. The number of rotatable bonds is 5. The maximum absolute atomic E-state index is 13.6. The number of sulfonamides is 1. The van der Waals surface area contributed by atoms with E-state index < -0.39 is 10.0 Å². The predicted molar refractivity (Wildman–Crippen MR) is 129 cm³/mol. The summed E-state index contributed by atoms with van der Waals surface area (Å²) in [6, 6.07) is 8.00. The van der Waals surface area contributed by atoms with E-state index in [4.69, 9.17) is 16.6 Å². The lowest BCUT2D eigenvalue weighted by atomic mass is 9.98. The first kappa shape index (κ1) is 22.9. The molecule has 34 heavy (non-hydrogen) atoms. The Morgan fingerprint density at radius 1 is 1.21 bits per heavy atom. The number of aromatic nitrogens is 3. The van der Waals surface area contributed by atoms with Gasteiger partial charge in [-0.25, -0.2) is 17.9 Å². The number of aliphatic hydroxyl groups excluding tert-OH is 1. The highest BCUT2D eigenvalue weighted by atomic mass is 35.5. The summed E-state index contributed by atoms with van der Waals surface area (Å²) < 4.78 is 27.8. The number of amides is 1. The van der Waals surface area contributed by atoms with Crippen molar-refractivity contribution in [1.82, 2.24) is 19.5 Å². The van der Waals surface area contributed by atoms with Crippen molar-refractivity contribution >= 4 is 44.7 Å². The Bertz CT molecular complexity index is 1350. The second kappa shape index (κ2) is 8.71. The zero-order valence-electron chi connectivity index (χ0n) is 18.6. The third-order valence-corrected chi connectivity index (χ3v) is 6.95. The molecule has 1 atom stereocenters. The minimum atomic E-state index is -3.58. The molecule has 2 aliphatic heterocycles. The van der Waals surface area contributed by atoms with E-state index in [-0.39, 0.29) is 29.3 Å². The van der Waals surface area contributed by atoms with Gasteiger partial charge < -0.3 is 14.9 Å². The summed E-state index contributed by atoms with van der Waals surface area (Å²) in [5.41, 5.74) is 1.78. The van der Waals surface area contributed by atoms with E-state index in [1.54, 1.807) is 15.5 Å². The van der Waals surface area contributed by atoms with Crippen LogP contribution in [0.25, 0.3) is 5.65 Å². The molecule has 0 unspecified atom stereocenters. The Labute approximate surface area is 202 Å². The lowest BCUT2D eigenvalue weighted by Crippen LogP contribution is -2.51. The second-order valence-electron chi connectivity index (χ2n) is 8.79. The number of likely N-dealkylation sites (tertiary alicyclic amines) is 1. The van der Waals surface area contributed by atoms with Crippen LogP contribution < -0.4 is 9.62 Å². The predicted octanol–water partition coefficient (Wildman–Crippen LogP) is 2.30. The molecule has 0 aliphatic carbocycles. The molecule has 4 heterocycles. The van der Waals surface area contributed by atoms with Crippen molar-refractivity contribution in [3.63, 3.8) is 0 Å². The number of halogens is 1. The molecule has 3 aromatic rings. The Morgan fingerprint density at radius 3 is 2.74 bits per heavy atom. The molecule has 0 saturated carbocycles. The molecular weight excluding hydrogens is 480 g/mol. The number of β-amino-alcohol motifs (C(OH)–C–C–N with tert-alkyl or cyclic N) is 1. The number of fused-ring (bicyclic) bond motifs is 1. The topological polar surface area (TPSA) is 120 Å². The molecule has 2 fully saturated rings. The molecule has 2 aromatic heterocycles. The van der Waals surface area contributed by atoms with Gasteiger partial charge in [0.1, 0.15) is 5.82 Å². The molecule has 2 aliphatic rings. The van der Waals surface area contributed by atoms with Gasteiger partial charge in [0.15, 0.2) is 5.65 Å². The fraction of sp³-hybridized carbons (Fsp3) is 0.409. The van der Waals surface area contributed by atoms with Crippen molar-refractivity contribution in [3.8, 4) is 0 Å². The number of nitrogens with zero attached hydrogens (tertiary/aromatic N) is 5. The molecule has 0 bridgehead atoms. The van der Waals surface area contributed by atoms with E-state index in [0.29, 0.717) is 30.3 Å². The van der Waals surface area contributed by atoms with Crippen molar-refractivity contribution in [2.45, 2.75) is 31.4 Å². The van der Waals surface area contributed by atoms with Gasteiger partial charge in [-0.3, -0.25) is 9.52 Å². The summed E-state index contributed by atoms with van der Waals surface area (Å²) in [4.78, 5) is 22.1. The van der Waals surface area contributed by atoms with Crippen LogP contribution in [-0.2, 0) is 10.0 Å². The van der Waals surface area contributed by atoms with E-state index >= 15 is 0 Å². The van der Waals surface area contributed by atoms with Crippen LogP contribution in [0.3, 0.4) is 0 Å². The molecule has 0 radical (unpaired) electrons. The van der Waals surface area contributed by atoms with Crippen molar-refractivity contribution in [2.75, 3.05) is 35.5 Å². The third kappa shape index (κ3) is 4.55. The Hall–Kier alpha value is -2.89. The largest absolute Gasteiger partial charge is 0.389 e. The van der Waals surface area contributed by atoms with Crippen LogP contribution >= 0.6 is 11.6 Å². The first-order chi connectivity index (χ1) is 16.2. The van der Waals surface area contributed by atoms with Gasteiger partial charge in [0.05, 0.1) is 41.5 Å². The average Bonchev–Trinajstić information content (AvgIpc) is 3.20. The fourth-order valence-corrected chi connectivity index (χ4v) is 5.23. The quantitative estimate of drug-likeness (QED) is 0.547. The lowest BCUT2D eigenvalue weighted by molar-refractivity contribution is 0.0607. The smallest absolute Gasteiger partial charge is 0.256 e. The minimum Gasteiger partial charge on any atom is -0.389 e. The van der Waals surface area contributed by atoms with Gasteiger partial charge in [0.25, 0.3) is 5.91 Å². The summed E-state index contributed by atoms with van der Waals surface area (Å²) in [7, 11) is -3.58. The minimum absolute atomic E-state index is 0.194. The fourth-order valence-electron chi connectivity index (χ4n) is 4.48. The van der Waals surface area contributed by atoms with Crippen LogP contribution in [0.1, 0.15) is 41.4 Å². The number of benzene rings is 1. The van der Waals surface area contributed by atoms with Crippen LogP contribution in [0.15, 0.2) is 36.5 Å². The Morgan fingerprint density at radius 2 is 2.00 bits per heavy atom. The van der Waals surface area contributed by atoms with Crippen LogP contribution in [0, 0.1) is 0 Å². The maximum Gasteiger partial charge on any atom is 0.256 e. The number of piperidine rings is 1. The summed E-state index contributed by atoms with van der Waals surface area (Å²) >= 11 is 6.15. The lowest BCUT2D eigenvalue weighted by Gasteiger charge is -2.36. The first-order valence-corrected chi connectivity index (χ1v) is 13.3. The normalized spacial score (nSPS) is 19.3. The molecule has 0 spiro atoms. The van der Waals surface area contributed by atoms with Gasteiger partial charge >= 0.3 is 0 Å². The van der Waals surface area contributed by atoms with Crippen LogP contribution in [0.4, 0.5) is 11.5 Å².